The summed E-state index contributed by atoms with van der Waals surface area (Å²) in [6.07, 6.45) is 5.88. The van der Waals surface area contributed by atoms with Gasteiger partial charge in [-0.3, -0.25) is 0 Å². The first-order valence-corrected chi connectivity index (χ1v) is 10.8. The van der Waals surface area contributed by atoms with Gasteiger partial charge >= 0.3 is 0 Å². The van der Waals surface area contributed by atoms with Crippen molar-refractivity contribution >= 4 is 22.7 Å². The van der Waals surface area contributed by atoms with Crippen LogP contribution in [0.4, 0.5) is 11.6 Å². The molecule has 2 fully saturated rings. The zero-order valence-corrected chi connectivity index (χ0v) is 17.3. The summed E-state index contributed by atoms with van der Waals surface area (Å²) in [5.74, 6) is 3.12. The Morgan fingerprint density at radius 3 is 2.93 bits per heavy atom. The molecule has 158 valence electrons. The van der Waals surface area contributed by atoms with E-state index in [0.717, 1.165) is 67.4 Å². The van der Waals surface area contributed by atoms with E-state index in [0.29, 0.717) is 25.0 Å². The van der Waals surface area contributed by atoms with Crippen LogP contribution in [0.5, 0.6) is 0 Å². The second kappa shape index (κ2) is 8.57. The fourth-order valence-corrected chi connectivity index (χ4v) is 4.22. The molecule has 2 aliphatic rings. The van der Waals surface area contributed by atoms with Gasteiger partial charge in [-0.15, -0.1) is 0 Å². The Morgan fingerprint density at radius 1 is 1.17 bits per heavy atom. The lowest BCUT2D eigenvalue weighted by atomic mass is 10.0. The van der Waals surface area contributed by atoms with E-state index in [-0.39, 0.29) is 6.04 Å². The Balaban J connectivity index is 1.50. The van der Waals surface area contributed by atoms with Crippen molar-refractivity contribution in [2.24, 2.45) is 5.92 Å². The van der Waals surface area contributed by atoms with Crippen molar-refractivity contribution in [2.45, 2.75) is 25.8 Å². The van der Waals surface area contributed by atoms with Crippen LogP contribution in [0, 0.1) is 5.92 Å². The number of nitrogens with zero attached hydrogens (tertiary/aromatic N) is 4. The first kappa shape index (κ1) is 19.3. The molecule has 8 nitrogen and oxygen atoms in total. The van der Waals surface area contributed by atoms with Crippen LogP contribution in [0.3, 0.4) is 0 Å². The maximum absolute atomic E-state index is 5.63. The third kappa shape index (κ3) is 3.97. The molecule has 3 aromatic rings. The number of pyridine rings is 1. The van der Waals surface area contributed by atoms with Crippen molar-refractivity contribution in [1.29, 1.82) is 0 Å². The molecular weight excluding hydrogens is 380 g/mol. The normalized spacial score (nSPS) is 20.6. The summed E-state index contributed by atoms with van der Waals surface area (Å²) in [4.78, 5) is 19.7. The van der Waals surface area contributed by atoms with Crippen LogP contribution in [-0.2, 0) is 9.47 Å². The van der Waals surface area contributed by atoms with Gasteiger partial charge < -0.3 is 24.7 Å². The van der Waals surface area contributed by atoms with E-state index in [1.807, 2.05) is 18.3 Å². The van der Waals surface area contributed by atoms with Gasteiger partial charge in [-0.1, -0.05) is 0 Å². The molecule has 0 aromatic carbocycles. The van der Waals surface area contributed by atoms with Gasteiger partial charge in [0, 0.05) is 55.7 Å². The molecule has 2 aliphatic heterocycles. The molecule has 3 aromatic heterocycles. The number of morpholine rings is 1. The number of aromatic amines is 1. The SMILES string of the molecule is CC1COCCN1c1cc(NCC2CCOCC2)nc(-c2ccnc3[nH]ccc23)n1. The molecule has 1 atom stereocenters. The van der Waals surface area contributed by atoms with Crippen LogP contribution in [0.25, 0.3) is 22.4 Å². The van der Waals surface area contributed by atoms with Crippen molar-refractivity contribution in [2.75, 3.05) is 49.7 Å². The molecule has 0 saturated carbocycles. The fourth-order valence-electron chi connectivity index (χ4n) is 4.22. The van der Waals surface area contributed by atoms with Gasteiger partial charge in [-0.2, -0.15) is 0 Å². The van der Waals surface area contributed by atoms with Gasteiger partial charge in [0.25, 0.3) is 0 Å². The molecule has 2 saturated heterocycles. The summed E-state index contributed by atoms with van der Waals surface area (Å²) in [7, 11) is 0. The second-order valence-electron chi connectivity index (χ2n) is 8.09. The fraction of sp³-hybridized carbons (Fsp3) is 0.500. The number of rotatable bonds is 5. The maximum atomic E-state index is 5.63. The van der Waals surface area contributed by atoms with Crippen molar-refractivity contribution < 1.29 is 9.47 Å². The van der Waals surface area contributed by atoms with E-state index in [4.69, 9.17) is 19.4 Å². The number of aromatic nitrogens is 4. The molecule has 5 rings (SSSR count). The van der Waals surface area contributed by atoms with Gasteiger partial charge in [0.15, 0.2) is 5.82 Å². The monoisotopic (exact) mass is 408 g/mol. The van der Waals surface area contributed by atoms with E-state index in [9.17, 15) is 0 Å². The lowest BCUT2D eigenvalue weighted by Crippen LogP contribution is -2.44. The molecular formula is C22H28N6O2. The first-order chi connectivity index (χ1) is 14.8. The number of fused-ring (bicyclic) bond motifs is 1. The summed E-state index contributed by atoms with van der Waals surface area (Å²) in [5, 5.41) is 4.60. The zero-order chi connectivity index (χ0) is 20.3. The van der Waals surface area contributed by atoms with Gasteiger partial charge in [0.05, 0.1) is 19.3 Å². The predicted molar refractivity (Wildman–Crippen MR) is 117 cm³/mol. The smallest absolute Gasteiger partial charge is 0.164 e. The highest BCUT2D eigenvalue weighted by Crippen LogP contribution is 2.29. The topological polar surface area (TPSA) is 88.2 Å². The highest BCUT2D eigenvalue weighted by atomic mass is 16.5. The standard InChI is InChI=1S/C22H28N6O2/c1-15-14-30-11-8-28(15)20-12-19(25-13-16-4-9-29-10-5-16)26-22(27-20)18-3-7-24-21-17(18)2-6-23-21/h2-3,6-7,12,15-16H,4-5,8-11,13-14H2,1H3,(H,23,24)(H,25,26,27). The third-order valence-corrected chi connectivity index (χ3v) is 5.99. The highest BCUT2D eigenvalue weighted by molar-refractivity contribution is 5.91. The molecule has 30 heavy (non-hydrogen) atoms. The minimum Gasteiger partial charge on any atom is -0.381 e. The van der Waals surface area contributed by atoms with E-state index >= 15 is 0 Å². The van der Waals surface area contributed by atoms with Crippen LogP contribution in [0.2, 0.25) is 0 Å². The molecule has 0 amide bonds. The number of nitrogens with one attached hydrogen (secondary N) is 2. The van der Waals surface area contributed by atoms with Gasteiger partial charge in [0.1, 0.15) is 17.3 Å². The molecule has 5 heterocycles. The molecule has 0 spiro atoms. The molecule has 1 unspecified atom stereocenters. The van der Waals surface area contributed by atoms with Crippen molar-refractivity contribution in [3.63, 3.8) is 0 Å². The van der Waals surface area contributed by atoms with E-state index in [2.05, 4.69) is 33.2 Å². The molecule has 0 bridgehead atoms. The summed E-state index contributed by atoms with van der Waals surface area (Å²) in [6, 6.07) is 6.36. The minimum absolute atomic E-state index is 0.273. The highest BCUT2D eigenvalue weighted by Gasteiger charge is 2.23. The van der Waals surface area contributed by atoms with E-state index in [1.54, 1.807) is 6.20 Å². The number of H-pyrrole nitrogens is 1. The molecule has 8 heteroatoms. The van der Waals surface area contributed by atoms with Crippen molar-refractivity contribution in [3.8, 4) is 11.4 Å². The van der Waals surface area contributed by atoms with Crippen molar-refractivity contribution in [1.82, 2.24) is 19.9 Å². The minimum atomic E-state index is 0.273. The number of hydrogen-bond donors (Lipinski definition) is 2. The second-order valence-corrected chi connectivity index (χ2v) is 8.09. The lowest BCUT2D eigenvalue weighted by molar-refractivity contribution is 0.0699. The summed E-state index contributed by atoms with van der Waals surface area (Å²) < 4.78 is 11.1. The Kier molecular flexibility index (Phi) is 5.50. The number of hydrogen-bond acceptors (Lipinski definition) is 7. The maximum Gasteiger partial charge on any atom is 0.164 e. The Hall–Kier alpha value is -2.71. The largest absolute Gasteiger partial charge is 0.381 e. The Morgan fingerprint density at radius 2 is 2.07 bits per heavy atom. The molecule has 0 radical (unpaired) electrons. The van der Waals surface area contributed by atoms with E-state index < -0.39 is 0 Å². The van der Waals surface area contributed by atoms with Crippen LogP contribution in [0.15, 0.2) is 30.6 Å². The molecule has 2 N–H and O–H groups in total. The Bertz CT molecular complexity index is 1000. The zero-order valence-electron chi connectivity index (χ0n) is 17.3. The average molecular weight is 409 g/mol. The summed E-state index contributed by atoms with van der Waals surface area (Å²) in [6.45, 7) is 7.02. The number of ether oxygens (including phenoxy) is 2. The first-order valence-electron chi connectivity index (χ1n) is 10.8. The summed E-state index contributed by atoms with van der Waals surface area (Å²) >= 11 is 0. The third-order valence-electron chi connectivity index (χ3n) is 5.99. The average Bonchev–Trinajstić information content (AvgIpc) is 3.27. The Labute approximate surface area is 176 Å². The number of anilines is 2. The van der Waals surface area contributed by atoms with Gasteiger partial charge in [-0.05, 0) is 37.8 Å². The van der Waals surface area contributed by atoms with Crippen molar-refractivity contribution in [3.05, 3.63) is 30.6 Å². The quantitative estimate of drug-likeness (QED) is 0.671. The van der Waals surface area contributed by atoms with E-state index in [1.165, 1.54) is 0 Å². The van der Waals surface area contributed by atoms with Crippen LogP contribution < -0.4 is 10.2 Å². The molecule has 0 aliphatic carbocycles. The summed E-state index contributed by atoms with van der Waals surface area (Å²) in [5.41, 5.74) is 1.83. The predicted octanol–water partition coefficient (Wildman–Crippen LogP) is 3.08. The van der Waals surface area contributed by atoms with Crippen LogP contribution in [0.1, 0.15) is 19.8 Å². The van der Waals surface area contributed by atoms with Crippen LogP contribution >= 0.6 is 0 Å². The lowest BCUT2D eigenvalue weighted by Gasteiger charge is -2.34. The van der Waals surface area contributed by atoms with Crippen LogP contribution in [-0.4, -0.2) is 65.5 Å². The van der Waals surface area contributed by atoms with Gasteiger partial charge in [-0.25, -0.2) is 15.0 Å². The van der Waals surface area contributed by atoms with Gasteiger partial charge in [0.2, 0.25) is 0 Å².